The monoisotopic (exact) mass is 351 g/mol. The molecule has 0 spiro atoms. The maximum Gasteiger partial charge on any atom is 0.295 e. The van der Waals surface area contributed by atoms with Crippen molar-refractivity contribution < 1.29 is 14.6 Å². The van der Waals surface area contributed by atoms with Gasteiger partial charge in [-0.25, -0.2) is 0 Å². The number of para-hydroxylation sites is 1. The van der Waals surface area contributed by atoms with E-state index >= 15 is 0 Å². The number of carbonyl (C=O) groups excluding carboxylic acids is 1. The fourth-order valence-corrected chi connectivity index (χ4v) is 2.57. The molecule has 2 aromatic carbocycles. The summed E-state index contributed by atoms with van der Waals surface area (Å²) in [5.74, 6) is 0.630. The summed E-state index contributed by atoms with van der Waals surface area (Å²) in [6.45, 7) is 4.76. The zero-order valence-electron chi connectivity index (χ0n) is 15.0. The third-order valence-corrected chi connectivity index (χ3v) is 3.98. The molecule has 26 heavy (non-hydrogen) atoms. The summed E-state index contributed by atoms with van der Waals surface area (Å²) < 4.78 is 7.20. The average molecular weight is 351 g/mol. The molecule has 1 amide bonds. The van der Waals surface area contributed by atoms with E-state index in [1.165, 1.54) is 0 Å². The van der Waals surface area contributed by atoms with Gasteiger partial charge in [-0.15, -0.1) is 10.2 Å². The molecule has 3 aromatic rings. The number of aromatic nitrogens is 1. The largest absolute Gasteiger partial charge is 0.493 e. The molecular formula is C20H21N3O3. The molecule has 0 aliphatic heterocycles. The first-order valence-electron chi connectivity index (χ1n) is 8.42. The summed E-state index contributed by atoms with van der Waals surface area (Å²) in [6.07, 6.45) is 0. The van der Waals surface area contributed by atoms with Gasteiger partial charge in [0.1, 0.15) is 5.75 Å². The number of nitrogens with zero attached hydrogens (tertiary/aromatic N) is 3. The van der Waals surface area contributed by atoms with E-state index in [0.717, 1.165) is 10.9 Å². The second kappa shape index (κ2) is 7.39. The van der Waals surface area contributed by atoms with Gasteiger partial charge in [-0.2, -0.15) is 0 Å². The quantitative estimate of drug-likeness (QED) is 0.668. The second-order valence-corrected chi connectivity index (χ2v) is 6.48. The van der Waals surface area contributed by atoms with Crippen LogP contribution >= 0.6 is 0 Å². The van der Waals surface area contributed by atoms with Crippen LogP contribution in [0.3, 0.4) is 0 Å². The lowest BCUT2D eigenvalue weighted by molar-refractivity contribution is 0.0995. The van der Waals surface area contributed by atoms with Crippen molar-refractivity contribution in [3.05, 3.63) is 54.1 Å². The number of fused-ring (bicyclic) bond motifs is 1. The predicted molar refractivity (Wildman–Crippen MR) is 100 cm³/mol. The van der Waals surface area contributed by atoms with Crippen molar-refractivity contribution in [1.29, 1.82) is 0 Å². The summed E-state index contributed by atoms with van der Waals surface area (Å²) in [5, 5.41) is 18.7. The minimum atomic E-state index is -0.479. The molecule has 134 valence electrons. The number of aryl methyl sites for hydroxylation is 1. The lowest BCUT2D eigenvalue weighted by Crippen LogP contribution is -2.04. The van der Waals surface area contributed by atoms with Gasteiger partial charge in [0.2, 0.25) is 5.88 Å². The molecule has 0 saturated carbocycles. The molecule has 1 heterocycles. The molecule has 0 aliphatic carbocycles. The molecule has 0 saturated heterocycles. The Morgan fingerprint density at radius 1 is 1.15 bits per heavy atom. The standard InChI is InChI=1S/C20H21N3O3/c1-13(2)12-26-15-10-8-14(9-11-15)19(24)22-21-18-16-6-4-5-7-17(16)23(3)20(18)25/h4-11,13,25H,12H2,1-3H3. The number of ether oxygens (including phenoxy) is 1. The number of hydrogen-bond acceptors (Lipinski definition) is 4. The van der Waals surface area contributed by atoms with Gasteiger partial charge in [0, 0.05) is 18.0 Å². The predicted octanol–water partition coefficient (Wildman–Crippen LogP) is 4.84. The highest BCUT2D eigenvalue weighted by Gasteiger charge is 2.14. The first kappa shape index (κ1) is 17.7. The Balaban J connectivity index is 1.79. The number of benzene rings is 2. The van der Waals surface area contributed by atoms with Crippen molar-refractivity contribution in [1.82, 2.24) is 4.57 Å². The Bertz CT molecular complexity index is 956. The van der Waals surface area contributed by atoms with E-state index in [9.17, 15) is 9.90 Å². The minimum Gasteiger partial charge on any atom is -0.493 e. The van der Waals surface area contributed by atoms with Crippen LogP contribution in [-0.2, 0) is 7.05 Å². The molecule has 0 fully saturated rings. The van der Waals surface area contributed by atoms with Gasteiger partial charge in [-0.3, -0.25) is 4.79 Å². The highest BCUT2D eigenvalue weighted by atomic mass is 16.5. The maximum atomic E-state index is 12.3. The van der Waals surface area contributed by atoms with E-state index in [2.05, 4.69) is 24.1 Å². The summed E-state index contributed by atoms with van der Waals surface area (Å²) in [6, 6.07) is 14.2. The fraction of sp³-hybridized carbons (Fsp3) is 0.250. The fourth-order valence-electron chi connectivity index (χ4n) is 2.57. The third-order valence-electron chi connectivity index (χ3n) is 3.98. The zero-order valence-corrected chi connectivity index (χ0v) is 15.0. The van der Waals surface area contributed by atoms with Crippen molar-refractivity contribution in [3.8, 4) is 11.6 Å². The molecule has 3 rings (SSSR count). The van der Waals surface area contributed by atoms with Gasteiger partial charge in [0.25, 0.3) is 5.91 Å². The van der Waals surface area contributed by atoms with Gasteiger partial charge < -0.3 is 14.4 Å². The molecule has 0 radical (unpaired) electrons. The molecular weight excluding hydrogens is 330 g/mol. The van der Waals surface area contributed by atoms with Crippen molar-refractivity contribution in [3.63, 3.8) is 0 Å². The van der Waals surface area contributed by atoms with E-state index in [4.69, 9.17) is 4.74 Å². The number of aromatic hydroxyl groups is 1. The van der Waals surface area contributed by atoms with Crippen LogP contribution in [0.1, 0.15) is 24.2 Å². The van der Waals surface area contributed by atoms with Crippen LogP contribution in [0.15, 0.2) is 58.8 Å². The van der Waals surface area contributed by atoms with Crippen molar-refractivity contribution in [2.75, 3.05) is 6.61 Å². The van der Waals surface area contributed by atoms with Crippen LogP contribution in [0.2, 0.25) is 0 Å². The van der Waals surface area contributed by atoms with Crippen LogP contribution < -0.4 is 4.74 Å². The van der Waals surface area contributed by atoms with Crippen LogP contribution in [0.4, 0.5) is 5.69 Å². The lowest BCUT2D eigenvalue weighted by atomic mass is 10.2. The third kappa shape index (κ3) is 3.59. The molecule has 0 bridgehead atoms. The Kier molecular flexibility index (Phi) is 5.02. The summed E-state index contributed by atoms with van der Waals surface area (Å²) in [5.41, 5.74) is 1.51. The minimum absolute atomic E-state index is 0.0276. The summed E-state index contributed by atoms with van der Waals surface area (Å²) in [4.78, 5) is 12.3. The molecule has 0 atom stereocenters. The van der Waals surface area contributed by atoms with Crippen molar-refractivity contribution in [2.45, 2.75) is 13.8 Å². The van der Waals surface area contributed by atoms with Crippen molar-refractivity contribution >= 4 is 22.5 Å². The van der Waals surface area contributed by atoms with E-state index in [1.807, 2.05) is 24.3 Å². The average Bonchev–Trinajstić information content (AvgIpc) is 2.89. The Morgan fingerprint density at radius 3 is 2.54 bits per heavy atom. The van der Waals surface area contributed by atoms with Gasteiger partial charge in [0.05, 0.1) is 12.1 Å². The topological polar surface area (TPSA) is 76.2 Å². The molecule has 0 unspecified atom stereocenters. The number of carbonyl (C=O) groups is 1. The zero-order chi connectivity index (χ0) is 18.7. The first-order valence-corrected chi connectivity index (χ1v) is 8.42. The van der Waals surface area contributed by atoms with E-state index in [1.54, 1.807) is 35.9 Å². The SMILES string of the molecule is CC(C)COc1ccc(C(=O)N=Nc2c(O)n(C)c3ccccc23)cc1. The maximum absolute atomic E-state index is 12.3. The molecule has 6 nitrogen and oxygen atoms in total. The van der Waals surface area contributed by atoms with Crippen LogP contribution in [0.25, 0.3) is 10.9 Å². The van der Waals surface area contributed by atoms with Gasteiger partial charge in [0.15, 0.2) is 5.69 Å². The smallest absolute Gasteiger partial charge is 0.295 e. The Hall–Kier alpha value is -3.15. The van der Waals surface area contributed by atoms with Crippen LogP contribution in [0, 0.1) is 5.92 Å². The molecule has 1 N–H and O–H groups in total. The first-order chi connectivity index (χ1) is 12.5. The second-order valence-electron chi connectivity index (χ2n) is 6.48. The van der Waals surface area contributed by atoms with E-state index in [-0.39, 0.29) is 11.6 Å². The molecule has 0 aliphatic rings. The van der Waals surface area contributed by atoms with Crippen LogP contribution in [-0.4, -0.2) is 22.2 Å². The summed E-state index contributed by atoms with van der Waals surface area (Å²) in [7, 11) is 1.73. The highest BCUT2D eigenvalue weighted by molar-refractivity contribution is 5.97. The number of azo groups is 1. The Morgan fingerprint density at radius 2 is 1.85 bits per heavy atom. The van der Waals surface area contributed by atoms with Gasteiger partial charge in [-0.05, 0) is 36.2 Å². The number of amides is 1. The van der Waals surface area contributed by atoms with E-state index in [0.29, 0.717) is 23.8 Å². The molecule has 1 aromatic heterocycles. The lowest BCUT2D eigenvalue weighted by Gasteiger charge is -2.08. The Labute approximate surface area is 151 Å². The highest BCUT2D eigenvalue weighted by Crippen LogP contribution is 2.37. The van der Waals surface area contributed by atoms with Crippen molar-refractivity contribution in [2.24, 2.45) is 23.2 Å². The van der Waals surface area contributed by atoms with Crippen LogP contribution in [0.5, 0.6) is 11.6 Å². The normalized spacial score (nSPS) is 11.5. The summed E-state index contributed by atoms with van der Waals surface area (Å²) >= 11 is 0. The van der Waals surface area contributed by atoms with Gasteiger partial charge >= 0.3 is 0 Å². The van der Waals surface area contributed by atoms with Gasteiger partial charge in [-0.1, -0.05) is 32.0 Å². The number of rotatable bonds is 5. The number of hydrogen-bond donors (Lipinski definition) is 1. The molecule has 6 heteroatoms. The van der Waals surface area contributed by atoms with E-state index < -0.39 is 5.91 Å².